The molecule has 3 aromatic rings. The summed E-state index contributed by atoms with van der Waals surface area (Å²) in [6.07, 6.45) is 5.71. The van der Waals surface area contributed by atoms with E-state index < -0.39 is 5.41 Å². The Morgan fingerprint density at radius 2 is 1.73 bits per heavy atom. The molecule has 0 unspecified atom stereocenters. The molecule has 2 aromatic carbocycles. The van der Waals surface area contributed by atoms with Crippen LogP contribution in [-0.2, 0) is 10.2 Å². The van der Waals surface area contributed by atoms with E-state index in [1.807, 2.05) is 30.3 Å². The van der Waals surface area contributed by atoms with Crippen molar-refractivity contribution in [1.29, 1.82) is 0 Å². The summed E-state index contributed by atoms with van der Waals surface area (Å²) in [5.41, 5.74) is 9.07. The van der Waals surface area contributed by atoms with Gasteiger partial charge in [-0.25, -0.2) is 0 Å². The van der Waals surface area contributed by atoms with Gasteiger partial charge in [0.25, 0.3) is 0 Å². The highest BCUT2D eigenvalue weighted by Crippen LogP contribution is 2.46. The van der Waals surface area contributed by atoms with Gasteiger partial charge >= 0.3 is 0 Å². The number of nitrogens with two attached hydrogens (primary N) is 1. The number of primary amides is 1. The fourth-order valence-electron chi connectivity index (χ4n) is 4.48. The number of aromatic nitrogens is 1. The Morgan fingerprint density at radius 1 is 1.08 bits per heavy atom. The smallest absolute Gasteiger partial charge is 0.228 e. The summed E-state index contributed by atoms with van der Waals surface area (Å²) in [5, 5.41) is 1.28. The second-order valence-corrected chi connectivity index (χ2v) is 7.92. The first kappa shape index (κ1) is 17.2. The number of rotatable bonds is 4. The van der Waals surface area contributed by atoms with Gasteiger partial charge in [0.1, 0.15) is 0 Å². The Bertz CT molecular complexity index is 924. The van der Waals surface area contributed by atoms with E-state index in [-0.39, 0.29) is 5.91 Å². The van der Waals surface area contributed by atoms with Crippen LogP contribution in [0.5, 0.6) is 0 Å². The normalized spacial score (nSPS) is 23.2. The molecule has 2 N–H and O–H groups in total. The molecule has 4 rings (SSSR count). The maximum Gasteiger partial charge on any atom is 0.228 e. The largest absolute Gasteiger partial charge is 0.369 e. The van der Waals surface area contributed by atoms with Crippen molar-refractivity contribution in [3.63, 3.8) is 0 Å². The minimum atomic E-state index is -0.520. The minimum absolute atomic E-state index is 0.187. The van der Waals surface area contributed by atoms with Crippen molar-refractivity contribution < 1.29 is 4.79 Å². The van der Waals surface area contributed by atoms with Crippen molar-refractivity contribution in [3.8, 4) is 0 Å². The van der Waals surface area contributed by atoms with Gasteiger partial charge in [0.05, 0.1) is 10.9 Å². The highest BCUT2D eigenvalue weighted by Gasteiger charge is 2.42. The van der Waals surface area contributed by atoms with Gasteiger partial charge in [0, 0.05) is 23.3 Å². The number of para-hydroxylation sites is 1. The average molecular weight is 365 g/mol. The van der Waals surface area contributed by atoms with Gasteiger partial charge in [-0.05, 0) is 55.3 Å². The minimum Gasteiger partial charge on any atom is -0.369 e. The molecular formula is C22H24N2OS. The number of hydrogen-bond acceptors (Lipinski definition) is 2. The molecule has 1 amide bonds. The van der Waals surface area contributed by atoms with E-state index in [1.165, 1.54) is 16.6 Å². The zero-order valence-electron chi connectivity index (χ0n) is 15.0. The molecule has 1 fully saturated rings. The monoisotopic (exact) mass is 364 g/mol. The molecule has 0 radical (unpaired) electrons. The van der Waals surface area contributed by atoms with E-state index in [2.05, 4.69) is 40.6 Å². The van der Waals surface area contributed by atoms with Gasteiger partial charge in [0.2, 0.25) is 5.91 Å². The highest BCUT2D eigenvalue weighted by molar-refractivity contribution is 7.97. The lowest BCUT2D eigenvalue weighted by Crippen LogP contribution is -2.43. The first-order chi connectivity index (χ1) is 12.7. The highest BCUT2D eigenvalue weighted by atomic mass is 32.2. The Labute approximate surface area is 158 Å². The molecule has 3 nitrogen and oxygen atoms in total. The number of amides is 1. The van der Waals surface area contributed by atoms with Crippen LogP contribution in [0.15, 0.2) is 60.7 Å². The lowest BCUT2D eigenvalue weighted by Gasteiger charge is -2.38. The molecule has 1 aromatic heterocycles. The summed E-state index contributed by atoms with van der Waals surface area (Å²) in [4.78, 5) is 12.4. The lowest BCUT2D eigenvalue weighted by molar-refractivity contribution is -0.124. The van der Waals surface area contributed by atoms with Gasteiger partial charge in [-0.15, -0.1) is 0 Å². The molecule has 1 aliphatic rings. The Kier molecular flexibility index (Phi) is 4.53. The third-order valence-electron chi connectivity index (χ3n) is 5.93. The molecule has 26 heavy (non-hydrogen) atoms. The third kappa shape index (κ3) is 2.73. The number of benzene rings is 2. The van der Waals surface area contributed by atoms with Crippen LogP contribution in [0.3, 0.4) is 0 Å². The SMILES string of the molecule is CSn1c(C2CCC(C(N)=O)(c3ccccc3)CC2)cc2ccccc21. The van der Waals surface area contributed by atoms with Crippen LogP contribution in [0.2, 0.25) is 0 Å². The van der Waals surface area contributed by atoms with Crippen LogP contribution in [0.25, 0.3) is 10.9 Å². The summed E-state index contributed by atoms with van der Waals surface area (Å²) in [7, 11) is 0. The number of hydrogen-bond donors (Lipinski definition) is 1. The number of carbonyl (C=O) groups is 1. The molecule has 0 spiro atoms. The van der Waals surface area contributed by atoms with Crippen LogP contribution in [0.1, 0.15) is 42.9 Å². The van der Waals surface area contributed by atoms with Gasteiger partial charge in [-0.3, -0.25) is 8.77 Å². The molecule has 1 aliphatic carbocycles. The van der Waals surface area contributed by atoms with Crippen LogP contribution in [-0.4, -0.2) is 16.1 Å². The molecule has 0 saturated heterocycles. The van der Waals surface area contributed by atoms with Crippen LogP contribution < -0.4 is 5.73 Å². The summed E-state index contributed by atoms with van der Waals surface area (Å²) < 4.78 is 2.35. The second-order valence-electron chi connectivity index (χ2n) is 7.19. The van der Waals surface area contributed by atoms with Crippen LogP contribution in [0.4, 0.5) is 0 Å². The fraction of sp³-hybridized carbons (Fsp3) is 0.318. The number of nitrogens with zero attached hydrogens (tertiary/aromatic N) is 1. The van der Waals surface area contributed by atoms with Crippen molar-refractivity contribution in [1.82, 2.24) is 3.97 Å². The van der Waals surface area contributed by atoms with Crippen molar-refractivity contribution >= 4 is 28.8 Å². The van der Waals surface area contributed by atoms with Crippen molar-refractivity contribution in [2.75, 3.05) is 6.26 Å². The molecule has 1 saturated carbocycles. The van der Waals surface area contributed by atoms with Gasteiger partial charge in [-0.2, -0.15) is 0 Å². The van der Waals surface area contributed by atoms with Crippen molar-refractivity contribution in [2.45, 2.75) is 37.0 Å². The van der Waals surface area contributed by atoms with E-state index in [0.717, 1.165) is 31.2 Å². The van der Waals surface area contributed by atoms with Crippen molar-refractivity contribution in [2.24, 2.45) is 5.73 Å². The Balaban J connectivity index is 1.65. The molecule has 4 heteroatoms. The fourth-order valence-corrected chi connectivity index (χ4v) is 5.26. The molecule has 0 aliphatic heterocycles. The van der Waals surface area contributed by atoms with E-state index >= 15 is 0 Å². The van der Waals surface area contributed by atoms with E-state index in [9.17, 15) is 4.79 Å². The molecule has 0 atom stereocenters. The van der Waals surface area contributed by atoms with Crippen LogP contribution >= 0.6 is 11.9 Å². The van der Waals surface area contributed by atoms with E-state index in [1.54, 1.807) is 11.9 Å². The van der Waals surface area contributed by atoms with Crippen molar-refractivity contribution in [3.05, 3.63) is 71.9 Å². The van der Waals surface area contributed by atoms with Crippen LogP contribution in [0, 0.1) is 0 Å². The summed E-state index contributed by atoms with van der Waals surface area (Å²) in [6, 6.07) is 20.9. The zero-order valence-corrected chi connectivity index (χ0v) is 15.8. The molecule has 1 heterocycles. The first-order valence-electron chi connectivity index (χ1n) is 9.16. The number of fused-ring (bicyclic) bond motifs is 1. The number of carbonyl (C=O) groups excluding carboxylic acids is 1. The second kappa shape index (κ2) is 6.84. The van der Waals surface area contributed by atoms with Gasteiger partial charge in [0.15, 0.2) is 0 Å². The van der Waals surface area contributed by atoms with Gasteiger partial charge in [-0.1, -0.05) is 48.5 Å². The summed E-state index contributed by atoms with van der Waals surface area (Å²) in [5.74, 6) is 0.276. The van der Waals surface area contributed by atoms with E-state index in [0.29, 0.717) is 5.92 Å². The first-order valence-corrected chi connectivity index (χ1v) is 10.3. The quantitative estimate of drug-likeness (QED) is 0.719. The summed E-state index contributed by atoms with van der Waals surface area (Å²) in [6.45, 7) is 0. The molecule has 0 bridgehead atoms. The Hall–Kier alpha value is -2.20. The average Bonchev–Trinajstić information content (AvgIpc) is 3.07. The predicted octanol–water partition coefficient (Wildman–Crippen LogP) is 4.85. The lowest BCUT2D eigenvalue weighted by atomic mass is 9.65. The summed E-state index contributed by atoms with van der Waals surface area (Å²) >= 11 is 1.75. The molecular weight excluding hydrogens is 340 g/mol. The third-order valence-corrected chi connectivity index (χ3v) is 6.70. The maximum absolute atomic E-state index is 12.4. The predicted molar refractivity (Wildman–Crippen MR) is 109 cm³/mol. The topological polar surface area (TPSA) is 48.0 Å². The standard InChI is InChI=1S/C22H24N2OS/c1-26-24-19-10-6-5-7-17(19)15-20(24)16-11-13-22(14-12-16,21(23)25)18-8-3-2-4-9-18/h2-10,15-16H,11-14H2,1H3,(H2,23,25). The Morgan fingerprint density at radius 3 is 2.38 bits per heavy atom. The molecule has 134 valence electrons. The maximum atomic E-state index is 12.4. The van der Waals surface area contributed by atoms with Gasteiger partial charge < -0.3 is 5.73 Å². The van der Waals surface area contributed by atoms with E-state index in [4.69, 9.17) is 5.73 Å². The zero-order chi connectivity index (χ0) is 18.1.